The van der Waals surface area contributed by atoms with E-state index < -0.39 is 0 Å². The van der Waals surface area contributed by atoms with Crippen LogP contribution in [0.15, 0.2) is 0 Å². The number of nitrogens with zero attached hydrogens (tertiary/aromatic N) is 1. The van der Waals surface area contributed by atoms with Gasteiger partial charge in [0.25, 0.3) is 0 Å². The normalized spacial score (nSPS) is 18.9. The first-order chi connectivity index (χ1) is 9.18. The molecule has 1 atom stereocenters. The largest absolute Gasteiger partial charge is 0.390 e. The van der Waals surface area contributed by atoms with E-state index in [1.807, 2.05) is 0 Å². The van der Waals surface area contributed by atoms with Crippen LogP contribution in [-0.2, 0) is 9.47 Å². The molecule has 0 aromatic rings. The molecule has 19 heavy (non-hydrogen) atoms. The molecule has 1 saturated heterocycles. The van der Waals surface area contributed by atoms with Crippen molar-refractivity contribution in [3.63, 3.8) is 0 Å². The molecule has 0 aromatic heterocycles. The van der Waals surface area contributed by atoms with Crippen molar-refractivity contribution in [3.8, 4) is 0 Å². The summed E-state index contributed by atoms with van der Waals surface area (Å²) in [6.07, 6.45) is 0.700. The lowest BCUT2D eigenvalue weighted by Gasteiger charge is -2.28. The molecule has 5 nitrogen and oxygen atoms in total. The summed E-state index contributed by atoms with van der Waals surface area (Å²) >= 11 is 0. The van der Waals surface area contributed by atoms with Gasteiger partial charge in [-0.2, -0.15) is 0 Å². The molecule has 1 aliphatic rings. The molecule has 0 spiro atoms. The van der Waals surface area contributed by atoms with Crippen molar-refractivity contribution in [1.29, 1.82) is 0 Å². The zero-order valence-electron chi connectivity index (χ0n) is 12.4. The fourth-order valence-corrected chi connectivity index (χ4v) is 2.03. The maximum absolute atomic E-state index is 9.90. The van der Waals surface area contributed by atoms with E-state index in [2.05, 4.69) is 24.1 Å². The lowest BCUT2D eigenvalue weighted by Crippen LogP contribution is -2.43. The van der Waals surface area contributed by atoms with Crippen molar-refractivity contribution < 1.29 is 14.6 Å². The Labute approximate surface area is 117 Å². The van der Waals surface area contributed by atoms with Gasteiger partial charge < -0.3 is 19.9 Å². The number of nitrogens with one attached hydrogen (secondary N) is 1. The zero-order chi connectivity index (χ0) is 13.9. The molecule has 2 N–H and O–H groups in total. The molecule has 1 unspecified atom stereocenters. The maximum atomic E-state index is 9.90. The second-order valence-electron chi connectivity index (χ2n) is 5.59. The number of ether oxygens (including phenoxy) is 2. The smallest absolute Gasteiger partial charge is 0.0791 e. The minimum absolute atomic E-state index is 0.297. The molecule has 0 amide bonds. The van der Waals surface area contributed by atoms with Gasteiger partial charge in [-0.3, -0.25) is 4.90 Å². The van der Waals surface area contributed by atoms with E-state index in [9.17, 15) is 5.11 Å². The first-order valence-electron chi connectivity index (χ1n) is 7.45. The molecule has 1 heterocycles. The fraction of sp³-hybridized carbons (Fsp3) is 1.00. The van der Waals surface area contributed by atoms with E-state index in [1.165, 1.54) is 0 Å². The monoisotopic (exact) mass is 274 g/mol. The molecular formula is C14H30N2O3. The van der Waals surface area contributed by atoms with Crippen molar-refractivity contribution in [2.75, 3.05) is 59.2 Å². The van der Waals surface area contributed by atoms with Gasteiger partial charge in [-0.15, -0.1) is 0 Å². The molecule has 1 aliphatic heterocycles. The predicted octanol–water partition coefficient (Wildman–Crippen LogP) is 0.332. The molecule has 0 radical (unpaired) electrons. The zero-order valence-corrected chi connectivity index (χ0v) is 12.4. The van der Waals surface area contributed by atoms with Crippen LogP contribution >= 0.6 is 0 Å². The van der Waals surface area contributed by atoms with Gasteiger partial charge in [0, 0.05) is 39.4 Å². The third-order valence-corrected chi connectivity index (χ3v) is 3.05. The minimum Gasteiger partial charge on any atom is -0.390 e. The summed E-state index contributed by atoms with van der Waals surface area (Å²) in [5.41, 5.74) is 0. The van der Waals surface area contributed by atoms with Gasteiger partial charge in [-0.25, -0.2) is 0 Å². The molecule has 1 rings (SSSR count). The van der Waals surface area contributed by atoms with Gasteiger partial charge in [-0.1, -0.05) is 13.8 Å². The number of β-amino-alcohol motifs (C(OH)–C–C–N with tert-alkyl or cyclic N) is 1. The average molecular weight is 274 g/mol. The number of hydrogen-bond donors (Lipinski definition) is 2. The lowest BCUT2D eigenvalue weighted by atomic mass is 10.2. The second-order valence-corrected chi connectivity index (χ2v) is 5.59. The van der Waals surface area contributed by atoms with E-state index in [-0.39, 0.29) is 6.10 Å². The topological polar surface area (TPSA) is 54.0 Å². The molecule has 0 aromatic carbocycles. The Morgan fingerprint density at radius 3 is 2.74 bits per heavy atom. The Balaban J connectivity index is 1.88. The van der Waals surface area contributed by atoms with Crippen LogP contribution in [0.25, 0.3) is 0 Å². The molecule has 0 aliphatic carbocycles. The van der Waals surface area contributed by atoms with E-state index in [0.717, 1.165) is 59.0 Å². The Morgan fingerprint density at radius 1 is 1.32 bits per heavy atom. The molecule has 0 saturated carbocycles. The van der Waals surface area contributed by atoms with E-state index in [0.29, 0.717) is 12.5 Å². The Bertz CT molecular complexity index is 209. The minimum atomic E-state index is -0.297. The lowest BCUT2D eigenvalue weighted by molar-refractivity contribution is 0.0148. The number of aliphatic hydroxyl groups is 1. The highest BCUT2D eigenvalue weighted by Gasteiger charge is 2.14. The highest BCUT2D eigenvalue weighted by molar-refractivity contribution is 4.69. The number of morpholine rings is 1. The summed E-state index contributed by atoms with van der Waals surface area (Å²) in [5.74, 6) is 0.600. The van der Waals surface area contributed by atoms with Crippen molar-refractivity contribution in [3.05, 3.63) is 0 Å². The predicted molar refractivity (Wildman–Crippen MR) is 76.4 cm³/mol. The third-order valence-electron chi connectivity index (χ3n) is 3.05. The van der Waals surface area contributed by atoms with Crippen LogP contribution in [0, 0.1) is 5.92 Å². The van der Waals surface area contributed by atoms with Gasteiger partial charge in [0.05, 0.1) is 19.3 Å². The Morgan fingerprint density at radius 2 is 2.05 bits per heavy atom. The first kappa shape index (κ1) is 16.9. The molecule has 5 heteroatoms. The summed E-state index contributed by atoms with van der Waals surface area (Å²) < 4.78 is 10.8. The molecular weight excluding hydrogens is 244 g/mol. The summed E-state index contributed by atoms with van der Waals surface area (Å²) in [5, 5.41) is 13.2. The number of hydrogen-bond acceptors (Lipinski definition) is 5. The first-order valence-corrected chi connectivity index (χ1v) is 7.45. The van der Waals surface area contributed by atoms with Crippen molar-refractivity contribution in [2.24, 2.45) is 5.92 Å². The fourth-order valence-electron chi connectivity index (χ4n) is 2.03. The van der Waals surface area contributed by atoms with Crippen LogP contribution in [0.5, 0.6) is 0 Å². The summed E-state index contributed by atoms with van der Waals surface area (Å²) in [6.45, 7) is 11.7. The summed E-state index contributed by atoms with van der Waals surface area (Å²) in [7, 11) is 0. The van der Waals surface area contributed by atoms with Crippen LogP contribution in [0.2, 0.25) is 0 Å². The van der Waals surface area contributed by atoms with Crippen LogP contribution in [0.4, 0.5) is 0 Å². The summed E-state index contributed by atoms with van der Waals surface area (Å²) in [4.78, 5) is 2.25. The van der Waals surface area contributed by atoms with Crippen LogP contribution < -0.4 is 5.32 Å². The standard InChI is InChI=1S/C14H30N2O3/c1-13(2)12-19-7-3-4-15-10-14(17)11-16-5-8-18-9-6-16/h13-15,17H,3-12H2,1-2H3. The van der Waals surface area contributed by atoms with Gasteiger partial charge >= 0.3 is 0 Å². The van der Waals surface area contributed by atoms with E-state index in [4.69, 9.17) is 9.47 Å². The highest BCUT2D eigenvalue weighted by atomic mass is 16.5. The quantitative estimate of drug-likeness (QED) is 0.562. The van der Waals surface area contributed by atoms with Gasteiger partial charge in [-0.05, 0) is 18.9 Å². The number of rotatable bonds is 10. The Kier molecular flexibility index (Phi) is 9.38. The van der Waals surface area contributed by atoms with E-state index >= 15 is 0 Å². The molecule has 1 fully saturated rings. The van der Waals surface area contributed by atoms with Crippen molar-refractivity contribution in [2.45, 2.75) is 26.4 Å². The van der Waals surface area contributed by atoms with Gasteiger partial charge in [0.15, 0.2) is 0 Å². The van der Waals surface area contributed by atoms with Crippen molar-refractivity contribution >= 4 is 0 Å². The van der Waals surface area contributed by atoms with Crippen LogP contribution in [-0.4, -0.2) is 75.3 Å². The third kappa shape index (κ3) is 9.35. The second kappa shape index (κ2) is 10.6. The highest BCUT2D eigenvalue weighted by Crippen LogP contribution is 1.98. The molecule has 114 valence electrons. The average Bonchev–Trinajstić information content (AvgIpc) is 2.38. The SMILES string of the molecule is CC(C)COCCCNCC(O)CN1CCOCC1. The summed E-state index contributed by atoms with van der Waals surface area (Å²) in [6, 6.07) is 0. The van der Waals surface area contributed by atoms with Gasteiger partial charge in [0.1, 0.15) is 0 Å². The van der Waals surface area contributed by atoms with Crippen LogP contribution in [0.1, 0.15) is 20.3 Å². The van der Waals surface area contributed by atoms with E-state index in [1.54, 1.807) is 0 Å². The molecule has 0 bridgehead atoms. The Hall–Kier alpha value is -0.200. The number of aliphatic hydroxyl groups excluding tert-OH is 1. The van der Waals surface area contributed by atoms with Crippen molar-refractivity contribution in [1.82, 2.24) is 10.2 Å². The van der Waals surface area contributed by atoms with Gasteiger partial charge in [0.2, 0.25) is 0 Å². The van der Waals surface area contributed by atoms with Crippen LogP contribution in [0.3, 0.4) is 0 Å². The maximum Gasteiger partial charge on any atom is 0.0791 e.